The Morgan fingerprint density at radius 3 is 2.56 bits per heavy atom. The lowest BCUT2D eigenvalue weighted by atomic mass is 10.2. The Bertz CT molecular complexity index is 1080. The molecule has 1 aromatic heterocycles. The van der Waals surface area contributed by atoms with Gasteiger partial charge in [-0.15, -0.1) is 0 Å². The van der Waals surface area contributed by atoms with Gasteiger partial charge in [0.05, 0.1) is 12.2 Å². The molecule has 0 atom stereocenters. The fourth-order valence-electron chi connectivity index (χ4n) is 2.48. The van der Waals surface area contributed by atoms with E-state index in [0.29, 0.717) is 11.1 Å². The van der Waals surface area contributed by atoms with Crippen LogP contribution in [0.2, 0.25) is 5.02 Å². The Morgan fingerprint density at radius 2 is 1.81 bits per heavy atom. The summed E-state index contributed by atoms with van der Waals surface area (Å²) >= 11 is 5.92. The first-order valence-electron chi connectivity index (χ1n) is 7.75. The smallest absolute Gasteiger partial charge is 0.263 e. The summed E-state index contributed by atoms with van der Waals surface area (Å²) in [6, 6.07) is 11.1. The van der Waals surface area contributed by atoms with E-state index in [1.54, 1.807) is 24.3 Å². The standard InChI is InChI=1S/C19H12ClF3N2O2/c20-12-4-1-3-11(9-12)10-25-8-2-5-13(19(25)27)18(26)24-15-7-6-14(21)16(22)17(15)23/h1-9H,10H2,(H,24,26). The number of rotatable bonds is 4. The van der Waals surface area contributed by atoms with E-state index in [2.05, 4.69) is 5.32 Å². The molecular formula is C19H12ClF3N2O2. The molecular weight excluding hydrogens is 381 g/mol. The Labute approximate surface area is 156 Å². The van der Waals surface area contributed by atoms with Gasteiger partial charge in [-0.05, 0) is 42.0 Å². The van der Waals surface area contributed by atoms with Gasteiger partial charge in [0.25, 0.3) is 11.5 Å². The third kappa shape index (κ3) is 4.03. The summed E-state index contributed by atoms with van der Waals surface area (Å²) in [6.07, 6.45) is 1.48. The summed E-state index contributed by atoms with van der Waals surface area (Å²) in [5, 5.41) is 2.58. The molecule has 1 amide bonds. The third-order valence-corrected chi connectivity index (χ3v) is 4.03. The fraction of sp³-hybridized carbons (Fsp3) is 0.0526. The van der Waals surface area contributed by atoms with Gasteiger partial charge in [0.1, 0.15) is 5.56 Å². The molecule has 0 unspecified atom stereocenters. The summed E-state index contributed by atoms with van der Waals surface area (Å²) in [5.41, 5.74) is -0.723. The maximum Gasteiger partial charge on any atom is 0.263 e. The Hall–Kier alpha value is -3.06. The number of nitrogens with zero attached hydrogens (tertiary/aromatic N) is 1. The van der Waals surface area contributed by atoms with Gasteiger partial charge in [-0.1, -0.05) is 23.7 Å². The molecule has 0 bridgehead atoms. The number of anilines is 1. The van der Waals surface area contributed by atoms with Crippen molar-refractivity contribution in [3.8, 4) is 0 Å². The van der Waals surface area contributed by atoms with Crippen molar-refractivity contribution in [1.29, 1.82) is 0 Å². The molecule has 0 spiro atoms. The number of hydrogen-bond acceptors (Lipinski definition) is 2. The molecule has 3 rings (SSSR count). The van der Waals surface area contributed by atoms with Gasteiger partial charge < -0.3 is 9.88 Å². The number of halogens is 4. The summed E-state index contributed by atoms with van der Waals surface area (Å²) in [6.45, 7) is 0.167. The highest BCUT2D eigenvalue weighted by atomic mass is 35.5. The molecule has 27 heavy (non-hydrogen) atoms. The molecule has 0 aliphatic carbocycles. The number of hydrogen-bond donors (Lipinski definition) is 1. The van der Waals surface area contributed by atoms with Crippen molar-refractivity contribution in [3.05, 3.63) is 98.7 Å². The molecule has 1 N–H and O–H groups in total. The second kappa shape index (κ2) is 7.67. The number of pyridine rings is 1. The van der Waals surface area contributed by atoms with E-state index >= 15 is 0 Å². The van der Waals surface area contributed by atoms with Crippen LogP contribution in [0.3, 0.4) is 0 Å². The highest BCUT2D eigenvalue weighted by Gasteiger charge is 2.18. The van der Waals surface area contributed by atoms with E-state index in [4.69, 9.17) is 11.6 Å². The molecule has 138 valence electrons. The number of aromatic nitrogens is 1. The molecule has 4 nitrogen and oxygen atoms in total. The van der Waals surface area contributed by atoms with Crippen LogP contribution >= 0.6 is 11.6 Å². The molecule has 2 aromatic carbocycles. The van der Waals surface area contributed by atoms with Crippen LogP contribution in [0.4, 0.5) is 18.9 Å². The van der Waals surface area contributed by atoms with E-state index in [9.17, 15) is 22.8 Å². The number of carbonyl (C=O) groups excluding carboxylic acids is 1. The zero-order valence-electron chi connectivity index (χ0n) is 13.7. The number of amides is 1. The minimum absolute atomic E-state index is 0.167. The van der Waals surface area contributed by atoms with Crippen LogP contribution in [0, 0.1) is 17.5 Å². The maximum atomic E-state index is 13.7. The van der Waals surface area contributed by atoms with Crippen molar-refractivity contribution in [3.63, 3.8) is 0 Å². The van der Waals surface area contributed by atoms with Gasteiger partial charge in [0, 0.05) is 11.2 Å². The highest BCUT2D eigenvalue weighted by molar-refractivity contribution is 6.30. The third-order valence-electron chi connectivity index (χ3n) is 3.79. The van der Waals surface area contributed by atoms with Crippen LogP contribution in [0.1, 0.15) is 15.9 Å². The lowest BCUT2D eigenvalue weighted by Gasteiger charge is -2.10. The maximum absolute atomic E-state index is 13.7. The SMILES string of the molecule is O=C(Nc1ccc(F)c(F)c1F)c1cccn(Cc2cccc(Cl)c2)c1=O. The van der Waals surface area contributed by atoms with Gasteiger partial charge in [-0.25, -0.2) is 13.2 Å². The quantitative estimate of drug-likeness (QED) is 0.676. The van der Waals surface area contributed by atoms with Crippen LogP contribution in [0.15, 0.2) is 59.5 Å². The second-order valence-corrected chi connectivity index (χ2v) is 6.10. The summed E-state index contributed by atoms with van der Waals surface area (Å²) < 4.78 is 41.3. The van der Waals surface area contributed by atoms with Gasteiger partial charge in [-0.3, -0.25) is 9.59 Å². The predicted octanol–water partition coefficient (Wildman–Crippen LogP) is 4.22. The van der Waals surface area contributed by atoms with Crippen LogP contribution in [-0.2, 0) is 6.54 Å². The molecule has 0 radical (unpaired) electrons. The van der Waals surface area contributed by atoms with Crippen molar-refractivity contribution >= 4 is 23.2 Å². The first kappa shape index (κ1) is 18.7. The molecule has 0 fully saturated rings. The largest absolute Gasteiger partial charge is 0.319 e. The van der Waals surface area contributed by atoms with Crippen LogP contribution in [-0.4, -0.2) is 10.5 Å². The predicted molar refractivity (Wildman–Crippen MR) is 95.5 cm³/mol. The zero-order chi connectivity index (χ0) is 19.6. The molecule has 0 saturated heterocycles. The lowest BCUT2D eigenvalue weighted by molar-refractivity contribution is 0.102. The summed E-state index contributed by atoms with van der Waals surface area (Å²) in [4.78, 5) is 24.9. The van der Waals surface area contributed by atoms with Gasteiger partial charge >= 0.3 is 0 Å². The van der Waals surface area contributed by atoms with Gasteiger partial charge in [-0.2, -0.15) is 0 Å². The number of benzene rings is 2. The van der Waals surface area contributed by atoms with Crippen molar-refractivity contribution < 1.29 is 18.0 Å². The normalized spacial score (nSPS) is 10.7. The molecule has 8 heteroatoms. The Balaban J connectivity index is 1.88. The number of carbonyl (C=O) groups is 1. The zero-order valence-corrected chi connectivity index (χ0v) is 14.4. The van der Waals surface area contributed by atoms with Crippen LogP contribution in [0.5, 0.6) is 0 Å². The minimum atomic E-state index is -1.71. The van der Waals surface area contributed by atoms with Crippen molar-refractivity contribution in [2.24, 2.45) is 0 Å². The number of nitrogens with one attached hydrogen (secondary N) is 1. The molecule has 3 aromatic rings. The monoisotopic (exact) mass is 392 g/mol. The van der Waals surface area contributed by atoms with E-state index < -0.39 is 34.6 Å². The first-order valence-corrected chi connectivity index (χ1v) is 8.13. The first-order chi connectivity index (χ1) is 12.9. The van der Waals surface area contributed by atoms with Crippen molar-refractivity contribution in [1.82, 2.24) is 4.57 Å². The second-order valence-electron chi connectivity index (χ2n) is 5.66. The Morgan fingerprint density at radius 1 is 1.04 bits per heavy atom. The topological polar surface area (TPSA) is 51.1 Å². The molecule has 1 heterocycles. The van der Waals surface area contributed by atoms with Crippen molar-refractivity contribution in [2.45, 2.75) is 6.54 Å². The Kier molecular flexibility index (Phi) is 5.32. The highest BCUT2D eigenvalue weighted by Crippen LogP contribution is 2.20. The van der Waals surface area contributed by atoms with E-state index in [0.717, 1.165) is 11.6 Å². The van der Waals surface area contributed by atoms with Crippen molar-refractivity contribution in [2.75, 3.05) is 5.32 Å². The molecule has 0 saturated carbocycles. The van der Waals surface area contributed by atoms with E-state index in [1.165, 1.54) is 22.9 Å². The summed E-state index contributed by atoms with van der Waals surface area (Å²) in [5.74, 6) is -5.57. The average Bonchev–Trinajstić information content (AvgIpc) is 2.64. The minimum Gasteiger partial charge on any atom is -0.319 e. The molecule has 0 aliphatic heterocycles. The van der Waals surface area contributed by atoms with Gasteiger partial charge in [0.2, 0.25) is 0 Å². The lowest BCUT2D eigenvalue weighted by Crippen LogP contribution is -2.29. The van der Waals surface area contributed by atoms with Crippen LogP contribution in [0.25, 0.3) is 0 Å². The molecule has 0 aliphatic rings. The van der Waals surface area contributed by atoms with E-state index in [1.807, 2.05) is 0 Å². The average molecular weight is 393 g/mol. The van der Waals surface area contributed by atoms with Crippen LogP contribution < -0.4 is 10.9 Å². The fourth-order valence-corrected chi connectivity index (χ4v) is 2.69. The van der Waals surface area contributed by atoms with E-state index in [-0.39, 0.29) is 12.1 Å². The summed E-state index contributed by atoms with van der Waals surface area (Å²) in [7, 11) is 0. The van der Waals surface area contributed by atoms with Gasteiger partial charge in [0.15, 0.2) is 17.5 Å².